The van der Waals surface area contributed by atoms with Crippen LogP contribution in [-0.4, -0.2) is 0 Å². The van der Waals surface area contributed by atoms with Crippen LogP contribution in [0.2, 0.25) is 5.02 Å². The van der Waals surface area contributed by atoms with E-state index in [1.165, 1.54) is 12.3 Å². The first kappa shape index (κ1) is 9.75. The Hall–Kier alpha value is -1.79. The predicted octanol–water partition coefficient (Wildman–Crippen LogP) is 2.63. The third-order valence-corrected chi connectivity index (χ3v) is 2.36. The van der Waals surface area contributed by atoms with Gasteiger partial charge in [0.1, 0.15) is 23.5 Å². The largest absolute Gasteiger partial charge is 0.462 e. The monoisotopic (exact) mass is 219 g/mol. The average molecular weight is 220 g/mol. The molecule has 0 unspecified atom stereocenters. The minimum atomic E-state index is -0.343. The summed E-state index contributed by atoms with van der Waals surface area (Å²) in [4.78, 5) is 11.7. The van der Waals surface area contributed by atoms with E-state index >= 15 is 0 Å². The lowest BCUT2D eigenvalue weighted by Crippen LogP contribution is -2.05. The first-order valence-corrected chi connectivity index (χ1v) is 4.63. The highest BCUT2D eigenvalue weighted by molar-refractivity contribution is 6.31. The van der Waals surface area contributed by atoms with Gasteiger partial charge in [0, 0.05) is 5.02 Å². The zero-order valence-electron chi connectivity index (χ0n) is 7.87. The Morgan fingerprint density at radius 1 is 1.47 bits per heavy atom. The lowest BCUT2D eigenvalue weighted by molar-refractivity contribution is 0.598. The van der Waals surface area contributed by atoms with Crippen LogP contribution < -0.4 is 5.43 Å². The van der Waals surface area contributed by atoms with E-state index in [-0.39, 0.29) is 11.0 Å². The van der Waals surface area contributed by atoms with Crippen LogP contribution in [0.15, 0.2) is 27.6 Å². The van der Waals surface area contributed by atoms with Crippen LogP contribution in [-0.2, 0) is 0 Å². The van der Waals surface area contributed by atoms with E-state index < -0.39 is 0 Å². The predicted molar refractivity (Wildman–Crippen MR) is 56.9 cm³/mol. The maximum absolute atomic E-state index is 11.7. The summed E-state index contributed by atoms with van der Waals surface area (Å²) in [5, 5.41) is 9.48. The molecule has 15 heavy (non-hydrogen) atoms. The SMILES string of the molecule is Cc1cc(Cl)cc2c(=O)c(C#N)coc12. The fraction of sp³-hybridized carbons (Fsp3) is 0.0909. The van der Waals surface area contributed by atoms with Gasteiger partial charge in [0.25, 0.3) is 0 Å². The first-order valence-electron chi connectivity index (χ1n) is 4.25. The van der Waals surface area contributed by atoms with E-state index in [4.69, 9.17) is 21.3 Å². The van der Waals surface area contributed by atoms with Crippen LogP contribution in [0, 0.1) is 18.3 Å². The number of fused-ring (bicyclic) bond motifs is 1. The van der Waals surface area contributed by atoms with Gasteiger partial charge in [-0.15, -0.1) is 0 Å². The molecule has 0 saturated carbocycles. The Kier molecular flexibility index (Phi) is 2.22. The summed E-state index contributed by atoms with van der Waals surface area (Å²) < 4.78 is 5.22. The Morgan fingerprint density at radius 3 is 2.87 bits per heavy atom. The zero-order chi connectivity index (χ0) is 11.0. The van der Waals surface area contributed by atoms with Crippen molar-refractivity contribution in [3.8, 4) is 6.07 Å². The zero-order valence-corrected chi connectivity index (χ0v) is 8.63. The van der Waals surface area contributed by atoms with Gasteiger partial charge in [-0.1, -0.05) is 11.6 Å². The summed E-state index contributed by atoms with van der Waals surface area (Å²) in [5.74, 6) is 0. The second kappa shape index (κ2) is 3.41. The van der Waals surface area contributed by atoms with Gasteiger partial charge in [0.2, 0.25) is 5.43 Å². The summed E-state index contributed by atoms with van der Waals surface area (Å²) in [6, 6.07) is 4.99. The average Bonchev–Trinajstić information content (AvgIpc) is 2.19. The summed E-state index contributed by atoms with van der Waals surface area (Å²) in [5.41, 5.74) is 0.899. The molecule has 0 atom stereocenters. The fourth-order valence-corrected chi connectivity index (χ4v) is 1.72. The Labute approximate surface area is 90.5 Å². The summed E-state index contributed by atoms with van der Waals surface area (Å²) >= 11 is 5.83. The van der Waals surface area contributed by atoms with Gasteiger partial charge in [0.05, 0.1) is 5.39 Å². The standard InChI is InChI=1S/C11H6ClNO2/c1-6-2-8(12)3-9-10(14)7(4-13)5-15-11(6)9/h2-3,5H,1H3. The normalized spacial score (nSPS) is 10.2. The van der Waals surface area contributed by atoms with Crippen molar-refractivity contribution in [1.82, 2.24) is 0 Å². The molecule has 0 N–H and O–H groups in total. The second-order valence-corrected chi connectivity index (χ2v) is 3.63. The molecule has 2 aromatic rings. The van der Waals surface area contributed by atoms with Crippen LogP contribution in [0.5, 0.6) is 0 Å². The maximum atomic E-state index is 11.7. The molecule has 0 radical (unpaired) electrons. The molecule has 0 bridgehead atoms. The van der Waals surface area contributed by atoms with E-state index in [1.807, 2.05) is 0 Å². The van der Waals surface area contributed by atoms with E-state index in [1.54, 1.807) is 19.1 Å². The highest BCUT2D eigenvalue weighted by atomic mass is 35.5. The van der Waals surface area contributed by atoms with Crippen LogP contribution in [0.25, 0.3) is 11.0 Å². The number of halogens is 1. The molecular weight excluding hydrogens is 214 g/mol. The number of benzene rings is 1. The number of hydrogen-bond donors (Lipinski definition) is 0. The van der Waals surface area contributed by atoms with Crippen molar-refractivity contribution in [3.05, 3.63) is 44.8 Å². The van der Waals surface area contributed by atoms with Crippen molar-refractivity contribution in [2.45, 2.75) is 6.92 Å². The van der Waals surface area contributed by atoms with E-state index in [0.717, 1.165) is 5.56 Å². The molecule has 0 aliphatic rings. The van der Waals surface area contributed by atoms with Crippen LogP contribution in [0.3, 0.4) is 0 Å². The van der Waals surface area contributed by atoms with E-state index in [2.05, 4.69) is 0 Å². The van der Waals surface area contributed by atoms with Gasteiger partial charge in [-0.3, -0.25) is 4.79 Å². The highest BCUT2D eigenvalue weighted by Crippen LogP contribution is 2.21. The van der Waals surface area contributed by atoms with Crippen molar-refractivity contribution in [2.24, 2.45) is 0 Å². The Bertz CT molecular complexity index is 637. The number of rotatable bonds is 0. The van der Waals surface area contributed by atoms with Crippen molar-refractivity contribution >= 4 is 22.6 Å². The summed E-state index contributed by atoms with van der Waals surface area (Å²) in [6.07, 6.45) is 1.17. The molecule has 74 valence electrons. The smallest absolute Gasteiger partial charge is 0.210 e. The van der Waals surface area contributed by atoms with E-state index in [0.29, 0.717) is 16.0 Å². The van der Waals surface area contributed by atoms with Gasteiger partial charge < -0.3 is 4.42 Å². The van der Waals surface area contributed by atoms with Gasteiger partial charge in [-0.05, 0) is 24.6 Å². The van der Waals surface area contributed by atoms with Gasteiger partial charge in [0.15, 0.2) is 0 Å². The van der Waals surface area contributed by atoms with Gasteiger partial charge in [-0.2, -0.15) is 5.26 Å². The molecule has 0 fully saturated rings. The van der Waals surface area contributed by atoms with Crippen molar-refractivity contribution in [3.63, 3.8) is 0 Å². The molecule has 0 saturated heterocycles. The van der Waals surface area contributed by atoms with Crippen molar-refractivity contribution in [1.29, 1.82) is 5.26 Å². The van der Waals surface area contributed by atoms with E-state index in [9.17, 15) is 4.79 Å². The topological polar surface area (TPSA) is 54.0 Å². The molecule has 1 aromatic heterocycles. The molecular formula is C11H6ClNO2. The van der Waals surface area contributed by atoms with Crippen molar-refractivity contribution in [2.75, 3.05) is 0 Å². The second-order valence-electron chi connectivity index (χ2n) is 3.19. The number of nitrogens with zero attached hydrogens (tertiary/aromatic N) is 1. The van der Waals surface area contributed by atoms with Crippen LogP contribution in [0.4, 0.5) is 0 Å². The molecule has 1 heterocycles. The van der Waals surface area contributed by atoms with Crippen LogP contribution in [0.1, 0.15) is 11.1 Å². The highest BCUT2D eigenvalue weighted by Gasteiger charge is 2.09. The minimum Gasteiger partial charge on any atom is -0.462 e. The summed E-state index contributed by atoms with van der Waals surface area (Å²) in [7, 11) is 0. The molecule has 0 spiro atoms. The molecule has 0 aliphatic carbocycles. The molecule has 4 heteroatoms. The third-order valence-electron chi connectivity index (χ3n) is 2.14. The van der Waals surface area contributed by atoms with Gasteiger partial charge >= 0.3 is 0 Å². The molecule has 2 rings (SSSR count). The first-order chi connectivity index (χ1) is 7.13. The fourth-order valence-electron chi connectivity index (χ4n) is 1.45. The minimum absolute atomic E-state index is 0.0100. The Balaban J connectivity index is 3.01. The Morgan fingerprint density at radius 2 is 2.20 bits per heavy atom. The molecule has 0 amide bonds. The number of hydrogen-bond acceptors (Lipinski definition) is 3. The van der Waals surface area contributed by atoms with Crippen molar-refractivity contribution < 1.29 is 4.42 Å². The lowest BCUT2D eigenvalue weighted by Gasteiger charge is -2.01. The lowest BCUT2D eigenvalue weighted by atomic mass is 10.1. The maximum Gasteiger partial charge on any atom is 0.210 e. The number of nitriles is 1. The number of aryl methyl sites for hydroxylation is 1. The quantitative estimate of drug-likeness (QED) is 0.684. The third kappa shape index (κ3) is 1.49. The van der Waals surface area contributed by atoms with Gasteiger partial charge in [-0.25, -0.2) is 0 Å². The molecule has 3 nitrogen and oxygen atoms in total. The summed E-state index contributed by atoms with van der Waals surface area (Å²) in [6.45, 7) is 1.79. The molecule has 1 aromatic carbocycles. The molecule has 0 aliphatic heterocycles. The van der Waals surface area contributed by atoms with Crippen LogP contribution >= 0.6 is 11.6 Å².